The van der Waals surface area contributed by atoms with E-state index in [0.717, 1.165) is 43.6 Å². The summed E-state index contributed by atoms with van der Waals surface area (Å²) in [4.78, 5) is 26.5. The fraction of sp³-hybridized carbons (Fsp3) is 0.600. The van der Waals surface area contributed by atoms with Crippen LogP contribution in [0.3, 0.4) is 0 Å². The van der Waals surface area contributed by atoms with Gasteiger partial charge in [-0.05, 0) is 24.0 Å². The van der Waals surface area contributed by atoms with E-state index in [1.165, 1.54) is 0 Å². The molecule has 0 bridgehead atoms. The molecule has 2 N–H and O–H groups in total. The van der Waals surface area contributed by atoms with Crippen molar-refractivity contribution >= 4 is 11.8 Å². The molecule has 3 saturated heterocycles. The molecule has 6 nitrogen and oxygen atoms in total. The summed E-state index contributed by atoms with van der Waals surface area (Å²) in [5.41, 5.74) is 1.91. The van der Waals surface area contributed by atoms with E-state index in [4.69, 9.17) is 4.74 Å². The zero-order valence-corrected chi connectivity index (χ0v) is 15.1. The third-order valence-corrected chi connectivity index (χ3v) is 6.10. The predicted molar refractivity (Wildman–Crippen MR) is 97.2 cm³/mol. The van der Waals surface area contributed by atoms with E-state index in [1.54, 1.807) is 0 Å². The maximum Gasteiger partial charge on any atom is 0.228 e. The van der Waals surface area contributed by atoms with Gasteiger partial charge < -0.3 is 20.3 Å². The number of rotatable bonds is 5. The number of fused-ring (bicyclic) bond motifs is 1. The van der Waals surface area contributed by atoms with Crippen molar-refractivity contribution in [3.8, 4) is 0 Å². The van der Waals surface area contributed by atoms with Gasteiger partial charge in [-0.25, -0.2) is 0 Å². The summed E-state index contributed by atoms with van der Waals surface area (Å²) in [6, 6.07) is 8.20. The normalized spacial score (nSPS) is 28.2. The van der Waals surface area contributed by atoms with E-state index >= 15 is 0 Å². The third kappa shape index (κ3) is 3.35. The molecule has 3 fully saturated rings. The van der Waals surface area contributed by atoms with Crippen LogP contribution in [0.25, 0.3) is 0 Å². The van der Waals surface area contributed by atoms with Crippen LogP contribution in [0.1, 0.15) is 30.4 Å². The Kier molecular flexibility index (Phi) is 4.96. The van der Waals surface area contributed by atoms with Gasteiger partial charge in [0.2, 0.25) is 11.8 Å². The number of amides is 2. The molecule has 0 spiro atoms. The van der Waals surface area contributed by atoms with Crippen molar-refractivity contribution in [1.29, 1.82) is 0 Å². The van der Waals surface area contributed by atoms with Crippen molar-refractivity contribution in [3.63, 3.8) is 0 Å². The molecule has 1 aromatic rings. The average Bonchev–Trinajstić information content (AvgIpc) is 3.28. The lowest BCUT2D eigenvalue weighted by atomic mass is 9.73. The van der Waals surface area contributed by atoms with Gasteiger partial charge in [0.1, 0.15) is 0 Å². The second kappa shape index (κ2) is 7.37. The number of likely N-dealkylation sites (tertiary alicyclic amines) is 1. The molecular weight excluding hydrogens is 330 g/mol. The van der Waals surface area contributed by atoms with Crippen LogP contribution in [0.2, 0.25) is 0 Å². The Labute approximate surface area is 154 Å². The highest BCUT2D eigenvalue weighted by Crippen LogP contribution is 2.38. The Morgan fingerprint density at radius 1 is 1.31 bits per heavy atom. The SMILES string of the molecule is O=C1CCCN1Cc1ccc(CNC(=O)[C@@]23CCOC[C@@H]2CNC3)cc1. The van der Waals surface area contributed by atoms with Gasteiger partial charge >= 0.3 is 0 Å². The topological polar surface area (TPSA) is 70.7 Å². The summed E-state index contributed by atoms with van der Waals surface area (Å²) >= 11 is 0. The van der Waals surface area contributed by atoms with Crippen LogP contribution in [0.15, 0.2) is 24.3 Å². The zero-order valence-electron chi connectivity index (χ0n) is 15.1. The summed E-state index contributed by atoms with van der Waals surface area (Å²) in [6.45, 7) is 5.02. The highest BCUT2D eigenvalue weighted by atomic mass is 16.5. The molecule has 3 heterocycles. The minimum absolute atomic E-state index is 0.141. The fourth-order valence-electron chi connectivity index (χ4n) is 4.39. The minimum Gasteiger partial charge on any atom is -0.381 e. The van der Waals surface area contributed by atoms with Gasteiger partial charge in [-0.15, -0.1) is 0 Å². The molecule has 140 valence electrons. The third-order valence-electron chi connectivity index (χ3n) is 6.10. The first-order valence-electron chi connectivity index (χ1n) is 9.60. The monoisotopic (exact) mass is 357 g/mol. The van der Waals surface area contributed by atoms with Crippen molar-refractivity contribution in [1.82, 2.24) is 15.5 Å². The summed E-state index contributed by atoms with van der Waals surface area (Å²) in [7, 11) is 0. The molecule has 0 saturated carbocycles. The van der Waals surface area contributed by atoms with Crippen molar-refractivity contribution < 1.29 is 14.3 Å². The first-order valence-corrected chi connectivity index (χ1v) is 9.60. The molecule has 26 heavy (non-hydrogen) atoms. The molecule has 0 radical (unpaired) electrons. The molecule has 2 amide bonds. The number of hydrogen-bond acceptors (Lipinski definition) is 4. The van der Waals surface area contributed by atoms with Crippen molar-refractivity contribution in [2.75, 3.05) is 32.8 Å². The average molecular weight is 357 g/mol. The van der Waals surface area contributed by atoms with Gasteiger partial charge in [0.15, 0.2) is 0 Å². The Morgan fingerprint density at radius 2 is 2.12 bits per heavy atom. The van der Waals surface area contributed by atoms with Gasteiger partial charge in [0.05, 0.1) is 12.0 Å². The van der Waals surface area contributed by atoms with Crippen molar-refractivity contribution in [2.45, 2.75) is 32.4 Å². The van der Waals surface area contributed by atoms with Crippen LogP contribution in [0, 0.1) is 11.3 Å². The largest absolute Gasteiger partial charge is 0.381 e. The second-order valence-electron chi connectivity index (χ2n) is 7.73. The molecular formula is C20H27N3O3. The van der Waals surface area contributed by atoms with Gasteiger partial charge in [-0.3, -0.25) is 9.59 Å². The first kappa shape index (κ1) is 17.5. The predicted octanol–water partition coefficient (Wildman–Crippen LogP) is 1.05. The quantitative estimate of drug-likeness (QED) is 0.826. The molecule has 0 unspecified atom stereocenters. The summed E-state index contributed by atoms with van der Waals surface area (Å²) in [5, 5.41) is 6.49. The molecule has 1 aromatic carbocycles. The van der Waals surface area contributed by atoms with Gasteiger partial charge in [-0.2, -0.15) is 0 Å². The maximum atomic E-state index is 12.9. The van der Waals surface area contributed by atoms with Crippen molar-refractivity contribution in [3.05, 3.63) is 35.4 Å². The van der Waals surface area contributed by atoms with Crippen LogP contribution >= 0.6 is 0 Å². The molecule has 3 aliphatic rings. The number of benzene rings is 1. The fourth-order valence-corrected chi connectivity index (χ4v) is 4.39. The Hall–Kier alpha value is -1.92. The van der Waals surface area contributed by atoms with Crippen LogP contribution in [0.4, 0.5) is 0 Å². The van der Waals surface area contributed by atoms with Crippen molar-refractivity contribution in [2.24, 2.45) is 11.3 Å². The number of hydrogen-bond donors (Lipinski definition) is 2. The molecule has 6 heteroatoms. The van der Waals surface area contributed by atoms with Crippen LogP contribution in [0.5, 0.6) is 0 Å². The smallest absolute Gasteiger partial charge is 0.228 e. The van der Waals surface area contributed by atoms with Gasteiger partial charge in [-0.1, -0.05) is 24.3 Å². The Morgan fingerprint density at radius 3 is 2.88 bits per heavy atom. The highest BCUT2D eigenvalue weighted by molar-refractivity contribution is 5.84. The van der Waals surface area contributed by atoms with Crippen LogP contribution < -0.4 is 10.6 Å². The van der Waals surface area contributed by atoms with E-state index in [2.05, 4.69) is 22.8 Å². The molecule has 3 aliphatic heterocycles. The van der Waals surface area contributed by atoms with E-state index in [1.807, 2.05) is 17.0 Å². The van der Waals surface area contributed by atoms with Crippen LogP contribution in [-0.4, -0.2) is 49.6 Å². The number of nitrogens with one attached hydrogen (secondary N) is 2. The molecule has 2 atom stereocenters. The van der Waals surface area contributed by atoms with E-state index < -0.39 is 0 Å². The van der Waals surface area contributed by atoms with Crippen LogP contribution in [-0.2, 0) is 27.4 Å². The maximum absolute atomic E-state index is 12.9. The number of carbonyl (C=O) groups excluding carboxylic acids is 2. The lowest BCUT2D eigenvalue weighted by Crippen LogP contribution is -2.50. The second-order valence-corrected chi connectivity index (χ2v) is 7.73. The molecule has 0 aliphatic carbocycles. The van der Waals surface area contributed by atoms with Gasteiger partial charge in [0.25, 0.3) is 0 Å². The summed E-state index contributed by atoms with van der Waals surface area (Å²) < 4.78 is 5.55. The molecule has 0 aromatic heterocycles. The zero-order chi connectivity index (χ0) is 18.0. The number of nitrogens with zero attached hydrogens (tertiary/aromatic N) is 1. The molecule has 4 rings (SSSR count). The van der Waals surface area contributed by atoms with E-state index in [-0.39, 0.29) is 23.1 Å². The van der Waals surface area contributed by atoms with E-state index in [9.17, 15) is 9.59 Å². The standard InChI is InChI=1S/C20H27N3O3/c24-18-2-1-8-23(18)12-16-5-3-15(4-6-16)10-22-19(25)20-7-9-26-13-17(20)11-21-14-20/h3-6,17,21H,1-2,7-14H2,(H,22,25)/t17-,20+/m0/s1. The lowest BCUT2D eigenvalue weighted by molar-refractivity contribution is -0.139. The number of carbonyl (C=O) groups is 2. The summed E-state index contributed by atoms with van der Waals surface area (Å²) in [6.07, 6.45) is 2.43. The summed E-state index contributed by atoms with van der Waals surface area (Å²) in [5.74, 6) is 0.663. The Balaban J connectivity index is 1.33. The van der Waals surface area contributed by atoms with Gasteiger partial charge in [0, 0.05) is 51.7 Å². The number of ether oxygens (including phenoxy) is 1. The lowest BCUT2D eigenvalue weighted by Gasteiger charge is -2.36. The Bertz CT molecular complexity index is 675. The first-order chi connectivity index (χ1) is 12.7. The highest BCUT2D eigenvalue weighted by Gasteiger charge is 2.50. The van der Waals surface area contributed by atoms with E-state index in [0.29, 0.717) is 32.7 Å². The minimum atomic E-state index is -0.311.